The van der Waals surface area contributed by atoms with Crippen molar-refractivity contribution in [1.82, 2.24) is 15.2 Å². The average molecular weight is 393 g/mol. The lowest BCUT2D eigenvalue weighted by Gasteiger charge is -2.07. The van der Waals surface area contributed by atoms with Gasteiger partial charge in [-0.05, 0) is 55.0 Å². The van der Waals surface area contributed by atoms with Crippen LogP contribution in [0.25, 0.3) is 11.4 Å². The largest absolute Gasteiger partial charge is 0.325 e. The molecule has 0 fully saturated rings. The molecule has 5 nitrogen and oxygen atoms in total. The Morgan fingerprint density at radius 2 is 1.88 bits per heavy atom. The summed E-state index contributed by atoms with van der Waals surface area (Å²) in [6.45, 7) is 1.89. The Balaban J connectivity index is 1.58. The molecular weight excluding hydrogens is 379 g/mol. The van der Waals surface area contributed by atoms with Gasteiger partial charge in [-0.25, -0.2) is 4.98 Å². The lowest BCUT2D eigenvalue weighted by atomic mass is 10.2. The molecule has 0 spiro atoms. The van der Waals surface area contributed by atoms with E-state index in [1.807, 2.05) is 19.1 Å². The number of hydrogen-bond donors (Lipinski definition) is 2. The molecule has 0 bridgehead atoms. The van der Waals surface area contributed by atoms with E-state index in [-0.39, 0.29) is 11.7 Å². The fourth-order valence-electron chi connectivity index (χ4n) is 2.13. The molecule has 0 atom stereocenters. The molecule has 1 amide bonds. The maximum Gasteiger partial charge on any atom is 0.234 e. The van der Waals surface area contributed by atoms with Crippen molar-refractivity contribution < 1.29 is 4.79 Å². The van der Waals surface area contributed by atoms with E-state index in [0.717, 1.165) is 16.8 Å². The zero-order chi connectivity index (χ0) is 17.8. The number of thioether (sulfide) groups is 1. The third-order valence-electron chi connectivity index (χ3n) is 3.38. The maximum atomic E-state index is 12.1. The highest BCUT2D eigenvalue weighted by molar-refractivity contribution is 7.99. The lowest BCUT2D eigenvalue weighted by Crippen LogP contribution is -2.14. The van der Waals surface area contributed by atoms with E-state index >= 15 is 0 Å². The summed E-state index contributed by atoms with van der Waals surface area (Å²) in [5.74, 6) is 0.710. The average Bonchev–Trinajstić information content (AvgIpc) is 3.05. The number of benzene rings is 2. The highest BCUT2D eigenvalue weighted by Gasteiger charge is 2.10. The number of carbonyl (C=O) groups excluding carboxylic acids is 1. The van der Waals surface area contributed by atoms with Crippen LogP contribution in [0.4, 0.5) is 5.69 Å². The van der Waals surface area contributed by atoms with Crippen molar-refractivity contribution in [3.8, 4) is 11.4 Å². The first kappa shape index (κ1) is 17.8. The van der Waals surface area contributed by atoms with E-state index < -0.39 is 0 Å². The normalized spacial score (nSPS) is 10.7. The van der Waals surface area contributed by atoms with Gasteiger partial charge in [0.2, 0.25) is 11.1 Å². The van der Waals surface area contributed by atoms with Crippen LogP contribution in [0.5, 0.6) is 0 Å². The molecule has 0 aliphatic carbocycles. The second-order valence-corrected chi connectivity index (χ2v) is 7.08. The summed E-state index contributed by atoms with van der Waals surface area (Å²) in [7, 11) is 0. The fraction of sp³-hybridized carbons (Fsp3) is 0.118. The molecular formula is C17H14Cl2N4OS. The van der Waals surface area contributed by atoms with E-state index in [0.29, 0.717) is 21.0 Å². The number of aromatic amines is 1. The smallest absolute Gasteiger partial charge is 0.234 e. The number of halogens is 2. The van der Waals surface area contributed by atoms with Gasteiger partial charge >= 0.3 is 0 Å². The fourth-order valence-corrected chi connectivity index (χ4v) is 3.08. The van der Waals surface area contributed by atoms with Gasteiger partial charge in [-0.2, -0.15) is 0 Å². The van der Waals surface area contributed by atoms with Crippen LogP contribution < -0.4 is 5.32 Å². The third-order valence-corrected chi connectivity index (χ3v) is 4.71. The summed E-state index contributed by atoms with van der Waals surface area (Å²) in [6.07, 6.45) is 0. The molecule has 0 saturated heterocycles. The predicted molar refractivity (Wildman–Crippen MR) is 102 cm³/mol. The molecule has 0 aliphatic rings. The van der Waals surface area contributed by atoms with Crippen LogP contribution in [0.2, 0.25) is 10.0 Å². The number of rotatable bonds is 5. The summed E-state index contributed by atoms with van der Waals surface area (Å²) < 4.78 is 0. The highest BCUT2D eigenvalue weighted by Crippen LogP contribution is 2.22. The lowest BCUT2D eigenvalue weighted by molar-refractivity contribution is -0.113. The minimum atomic E-state index is -0.131. The molecule has 0 radical (unpaired) electrons. The van der Waals surface area contributed by atoms with E-state index in [1.165, 1.54) is 11.8 Å². The molecule has 0 aliphatic heterocycles. The monoisotopic (exact) mass is 392 g/mol. The molecule has 128 valence electrons. The Labute approximate surface area is 159 Å². The van der Waals surface area contributed by atoms with Crippen LogP contribution in [0, 0.1) is 6.92 Å². The van der Waals surface area contributed by atoms with Crippen molar-refractivity contribution in [1.29, 1.82) is 0 Å². The molecule has 2 N–H and O–H groups in total. The SMILES string of the molecule is Cc1cc(Cl)ccc1NC(=O)CSc1n[nH]c(-c2ccc(Cl)cc2)n1. The summed E-state index contributed by atoms with van der Waals surface area (Å²) in [5, 5.41) is 11.6. The van der Waals surface area contributed by atoms with E-state index in [9.17, 15) is 4.79 Å². The zero-order valence-electron chi connectivity index (χ0n) is 13.2. The van der Waals surface area contributed by atoms with Gasteiger partial charge in [0, 0.05) is 21.3 Å². The summed E-state index contributed by atoms with van der Waals surface area (Å²) in [5.41, 5.74) is 2.53. The standard InChI is InChI=1S/C17H14Cl2N4OS/c1-10-8-13(19)6-7-14(10)20-15(24)9-25-17-21-16(22-23-17)11-2-4-12(18)5-3-11/h2-8H,9H2,1H3,(H,20,24)(H,21,22,23). The van der Waals surface area contributed by atoms with Crippen LogP contribution in [-0.2, 0) is 4.79 Å². The Morgan fingerprint density at radius 3 is 2.60 bits per heavy atom. The number of nitrogens with zero attached hydrogens (tertiary/aromatic N) is 2. The van der Waals surface area contributed by atoms with Crippen molar-refractivity contribution in [3.05, 3.63) is 58.1 Å². The van der Waals surface area contributed by atoms with Crippen LogP contribution in [0.1, 0.15) is 5.56 Å². The number of amides is 1. The van der Waals surface area contributed by atoms with Crippen molar-refractivity contribution >= 4 is 46.6 Å². The minimum absolute atomic E-state index is 0.131. The number of hydrogen-bond acceptors (Lipinski definition) is 4. The zero-order valence-corrected chi connectivity index (χ0v) is 15.5. The van der Waals surface area contributed by atoms with Crippen LogP contribution in [0.15, 0.2) is 47.6 Å². The summed E-state index contributed by atoms with van der Waals surface area (Å²) in [4.78, 5) is 16.5. The van der Waals surface area contributed by atoms with Gasteiger partial charge in [0.15, 0.2) is 5.82 Å². The van der Waals surface area contributed by atoms with E-state index in [2.05, 4.69) is 20.5 Å². The van der Waals surface area contributed by atoms with Gasteiger partial charge in [0.1, 0.15) is 0 Å². The van der Waals surface area contributed by atoms with Gasteiger partial charge in [-0.3, -0.25) is 9.89 Å². The van der Waals surface area contributed by atoms with Crippen molar-refractivity contribution in [3.63, 3.8) is 0 Å². The molecule has 25 heavy (non-hydrogen) atoms. The van der Waals surface area contributed by atoms with Crippen molar-refractivity contribution in [2.24, 2.45) is 0 Å². The molecule has 0 saturated carbocycles. The van der Waals surface area contributed by atoms with Crippen molar-refractivity contribution in [2.45, 2.75) is 12.1 Å². The molecule has 3 rings (SSSR count). The van der Waals surface area contributed by atoms with Gasteiger partial charge < -0.3 is 5.32 Å². The first-order chi connectivity index (χ1) is 12.0. The first-order valence-electron chi connectivity index (χ1n) is 7.38. The Kier molecular flexibility index (Phi) is 5.63. The number of aryl methyl sites for hydroxylation is 1. The quantitative estimate of drug-likeness (QED) is 0.610. The maximum absolute atomic E-state index is 12.1. The summed E-state index contributed by atoms with van der Waals surface area (Å²) in [6, 6.07) is 12.6. The van der Waals surface area contributed by atoms with Crippen molar-refractivity contribution in [2.75, 3.05) is 11.1 Å². The third kappa shape index (κ3) is 4.75. The number of aromatic nitrogens is 3. The molecule has 8 heteroatoms. The van der Waals surface area contributed by atoms with Gasteiger partial charge in [0.25, 0.3) is 0 Å². The number of H-pyrrole nitrogens is 1. The Hall–Kier alpha value is -2.02. The van der Waals surface area contributed by atoms with Gasteiger partial charge in [0.05, 0.1) is 5.75 Å². The van der Waals surface area contributed by atoms with Crippen LogP contribution in [-0.4, -0.2) is 26.8 Å². The Bertz CT molecular complexity index is 896. The molecule has 0 unspecified atom stereocenters. The highest BCUT2D eigenvalue weighted by atomic mass is 35.5. The number of nitrogens with one attached hydrogen (secondary N) is 2. The van der Waals surface area contributed by atoms with E-state index in [1.54, 1.807) is 30.3 Å². The van der Waals surface area contributed by atoms with E-state index in [4.69, 9.17) is 23.2 Å². The number of carbonyl (C=O) groups is 1. The topological polar surface area (TPSA) is 70.7 Å². The second-order valence-electron chi connectivity index (χ2n) is 5.27. The predicted octanol–water partition coefficient (Wildman–Crippen LogP) is 4.82. The molecule has 1 aromatic heterocycles. The van der Waals surface area contributed by atoms with Crippen LogP contribution >= 0.6 is 35.0 Å². The Morgan fingerprint density at radius 1 is 1.16 bits per heavy atom. The van der Waals surface area contributed by atoms with Gasteiger partial charge in [-0.1, -0.05) is 35.0 Å². The minimum Gasteiger partial charge on any atom is -0.325 e. The van der Waals surface area contributed by atoms with Crippen LogP contribution in [0.3, 0.4) is 0 Å². The number of anilines is 1. The first-order valence-corrected chi connectivity index (χ1v) is 9.12. The van der Waals surface area contributed by atoms with Gasteiger partial charge in [-0.15, -0.1) is 5.10 Å². The molecule has 1 heterocycles. The second kappa shape index (κ2) is 7.91. The molecule has 3 aromatic rings. The summed E-state index contributed by atoms with van der Waals surface area (Å²) >= 11 is 13.0. The molecule has 2 aromatic carbocycles.